The van der Waals surface area contributed by atoms with Crippen molar-refractivity contribution in [2.75, 3.05) is 20.2 Å². The van der Waals surface area contributed by atoms with Gasteiger partial charge in [0.2, 0.25) is 11.8 Å². The van der Waals surface area contributed by atoms with Crippen molar-refractivity contribution in [3.8, 4) is 0 Å². The number of esters is 1. The minimum Gasteiger partial charge on any atom is -0.467 e. The second-order valence-electron chi connectivity index (χ2n) is 7.52. The molecule has 2 heterocycles. The summed E-state index contributed by atoms with van der Waals surface area (Å²) < 4.78 is 4.62. The van der Waals surface area contributed by atoms with Crippen molar-refractivity contribution in [1.82, 2.24) is 15.2 Å². The molecule has 2 aromatic rings. The molecule has 1 aliphatic heterocycles. The number of nitrogens with one attached hydrogen (secondary N) is 2. The van der Waals surface area contributed by atoms with E-state index in [2.05, 4.69) is 15.0 Å². The Balaban J connectivity index is 1.51. The smallest absolute Gasteiger partial charge is 0.328 e. The number of nitrogens with zero attached hydrogens (tertiary/aromatic N) is 1. The monoisotopic (exact) mass is 400 g/mol. The molecule has 0 radical (unpaired) electrons. The fraction of sp³-hybridized carbons (Fsp3) is 0.476. The number of hydrogen-bond acceptors (Lipinski definition) is 5. The molecule has 1 saturated heterocycles. The van der Waals surface area contributed by atoms with Crippen LogP contribution in [0, 0.1) is 5.92 Å². The Bertz CT molecular complexity index is 886. The lowest BCUT2D eigenvalue weighted by Crippen LogP contribution is -2.50. The van der Waals surface area contributed by atoms with Crippen molar-refractivity contribution in [2.45, 2.75) is 38.3 Å². The first kappa shape index (κ1) is 20.9. The average Bonchev–Trinajstić information content (AvgIpc) is 3.15. The van der Waals surface area contributed by atoms with Gasteiger partial charge >= 0.3 is 5.97 Å². The third-order valence-electron chi connectivity index (χ3n) is 5.52. The van der Waals surface area contributed by atoms with Gasteiger partial charge in [-0.15, -0.1) is 0 Å². The molecular weight excluding hydrogens is 372 g/mol. The van der Waals surface area contributed by atoms with Gasteiger partial charge in [0.05, 0.1) is 13.2 Å². The van der Waals surface area contributed by atoms with Crippen molar-refractivity contribution < 1.29 is 19.1 Å². The summed E-state index contributed by atoms with van der Waals surface area (Å²) in [5, 5.41) is 3.74. The van der Waals surface area contributed by atoms with Crippen molar-refractivity contribution >= 4 is 28.7 Å². The number of amides is 2. The summed E-state index contributed by atoms with van der Waals surface area (Å²) in [4.78, 5) is 41.5. The molecule has 0 bridgehead atoms. The van der Waals surface area contributed by atoms with E-state index in [1.165, 1.54) is 7.11 Å². The molecule has 8 nitrogen and oxygen atoms in total. The highest BCUT2D eigenvalue weighted by Gasteiger charge is 2.31. The van der Waals surface area contributed by atoms with Crippen molar-refractivity contribution in [2.24, 2.45) is 11.7 Å². The Kier molecular flexibility index (Phi) is 6.53. The third-order valence-corrected chi connectivity index (χ3v) is 5.52. The van der Waals surface area contributed by atoms with E-state index >= 15 is 0 Å². The number of aromatic nitrogens is 1. The van der Waals surface area contributed by atoms with E-state index in [1.807, 2.05) is 30.5 Å². The molecule has 2 amide bonds. The number of carbonyl (C=O) groups is 3. The van der Waals surface area contributed by atoms with E-state index in [-0.39, 0.29) is 17.7 Å². The Labute approximate surface area is 169 Å². The summed E-state index contributed by atoms with van der Waals surface area (Å²) in [6.45, 7) is 2.54. The summed E-state index contributed by atoms with van der Waals surface area (Å²) in [6, 6.07) is 6.61. The minimum absolute atomic E-state index is 0.0999. The number of methoxy groups -OCH3 is 1. The van der Waals surface area contributed by atoms with Gasteiger partial charge < -0.3 is 25.7 Å². The summed E-state index contributed by atoms with van der Waals surface area (Å²) in [5.74, 6) is -0.986. The van der Waals surface area contributed by atoms with Gasteiger partial charge in [-0.05, 0) is 37.8 Å². The zero-order valence-corrected chi connectivity index (χ0v) is 16.8. The van der Waals surface area contributed by atoms with Crippen LogP contribution >= 0.6 is 0 Å². The molecular formula is C21H28N4O4. The summed E-state index contributed by atoms with van der Waals surface area (Å²) >= 11 is 0. The van der Waals surface area contributed by atoms with E-state index < -0.39 is 18.1 Å². The number of aromatic amines is 1. The molecule has 0 spiro atoms. The van der Waals surface area contributed by atoms with Crippen molar-refractivity contribution in [1.29, 1.82) is 0 Å². The van der Waals surface area contributed by atoms with Crippen LogP contribution < -0.4 is 11.1 Å². The summed E-state index contributed by atoms with van der Waals surface area (Å²) in [6.07, 6.45) is 3.45. The Morgan fingerprint density at radius 1 is 1.28 bits per heavy atom. The maximum absolute atomic E-state index is 12.8. The Morgan fingerprint density at radius 3 is 2.66 bits per heavy atom. The molecule has 1 aromatic heterocycles. The lowest BCUT2D eigenvalue weighted by Gasteiger charge is -2.33. The quantitative estimate of drug-likeness (QED) is 0.624. The van der Waals surface area contributed by atoms with E-state index in [0.29, 0.717) is 32.4 Å². The highest BCUT2D eigenvalue weighted by molar-refractivity contribution is 5.87. The summed E-state index contributed by atoms with van der Waals surface area (Å²) in [7, 11) is 1.29. The first-order valence-electron chi connectivity index (χ1n) is 9.88. The number of para-hydroxylation sites is 1. The molecule has 29 heavy (non-hydrogen) atoms. The first-order chi connectivity index (χ1) is 13.9. The maximum atomic E-state index is 12.8. The molecule has 3 rings (SSSR count). The van der Waals surface area contributed by atoms with Gasteiger partial charge in [-0.25, -0.2) is 4.79 Å². The fourth-order valence-electron chi connectivity index (χ4n) is 3.79. The number of carbonyl (C=O) groups excluding carboxylic acids is 3. The van der Waals surface area contributed by atoms with Gasteiger partial charge in [0, 0.05) is 36.1 Å². The fourth-order valence-corrected chi connectivity index (χ4v) is 3.79. The van der Waals surface area contributed by atoms with Gasteiger partial charge in [0.15, 0.2) is 0 Å². The third kappa shape index (κ3) is 4.76. The van der Waals surface area contributed by atoms with Crippen LogP contribution in [0.25, 0.3) is 10.9 Å². The predicted molar refractivity (Wildman–Crippen MR) is 109 cm³/mol. The van der Waals surface area contributed by atoms with Crippen LogP contribution in [0.2, 0.25) is 0 Å². The number of likely N-dealkylation sites (tertiary alicyclic amines) is 1. The van der Waals surface area contributed by atoms with Crippen LogP contribution in [0.15, 0.2) is 30.5 Å². The number of hydrogen-bond donors (Lipinski definition) is 3. The van der Waals surface area contributed by atoms with Gasteiger partial charge in [0.1, 0.15) is 6.04 Å². The largest absolute Gasteiger partial charge is 0.467 e. The lowest BCUT2D eigenvalue weighted by molar-refractivity contribution is -0.145. The number of fused-ring (bicyclic) bond motifs is 1. The van der Waals surface area contributed by atoms with Crippen LogP contribution in [-0.4, -0.2) is 60.0 Å². The normalized spacial score (nSPS) is 17.0. The minimum atomic E-state index is -0.684. The van der Waals surface area contributed by atoms with E-state index in [4.69, 9.17) is 5.73 Å². The Morgan fingerprint density at radius 2 is 1.97 bits per heavy atom. The number of piperidine rings is 1. The summed E-state index contributed by atoms with van der Waals surface area (Å²) in [5.41, 5.74) is 8.25. The molecule has 0 aliphatic carbocycles. The predicted octanol–water partition coefficient (Wildman–Crippen LogP) is 0.954. The van der Waals surface area contributed by atoms with E-state index in [0.717, 1.165) is 16.5 Å². The van der Waals surface area contributed by atoms with Crippen LogP contribution in [0.3, 0.4) is 0 Å². The number of ether oxygens (including phenoxy) is 1. The standard InChI is InChI=1S/C21H28N4O4/c1-13(21(28)29-2)24-19(26)14-7-9-25(10-8-14)20(27)17(22)11-15-12-23-18-6-4-3-5-16(15)18/h3-6,12-14,17,23H,7-11,22H2,1-2H3,(H,24,26). The average molecular weight is 400 g/mol. The highest BCUT2D eigenvalue weighted by Crippen LogP contribution is 2.21. The molecule has 2 unspecified atom stereocenters. The van der Waals surface area contributed by atoms with Gasteiger partial charge in [0.25, 0.3) is 0 Å². The molecule has 1 fully saturated rings. The molecule has 0 saturated carbocycles. The SMILES string of the molecule is COC(=O)C(C)NC(=O)C1CCN(C(=O)C(N)Cc2c[nH]c3ccccc23)CC1. The number of benzene rings is 1. The zero-order valence-electron chi connectivity index (χ0n) is 16.8. The maximum Gasteiger partial charge on any atom is 0.328 e. The first-order valence-corrected chi connectivity index (χ1v) is 9.88. The number of H-pyrrole nitrogens is 1. The molecule has 8 heteroatoms. The van der Waals surface area contributed by atoms with Crippen molar-refractivity contribution in [3.63, 3.8) is 0 Å². The molecule has 1 aromatic carbocycles. The second kappa shape index (κ2) is 9.09. The topological polar surface area (TPSA) is 118 Å². The number of rotatable bonds is 6. The second-order valence-corrected chi connectivity index (χ2v) is 7.52. The van der Waals surface area contributed by atoms with Gasteiger partial charge in [-0.3, -0.25) is 9.59 Å². The molecule has 156 valence electrons. The Hall–Kier alpha value is -2.87. The van der Waals surface area contributed by atoms with Crippen LogP contribution in [0.4, 0.5) is 0 Å². The molecule has 4 N–H and O–H groups in total. The van der Waals surface area contributed by atoms with E-state index in [9.17, 15) is 14.4 Å². The lowest BCUT2D eigenvalue weighted by atomic mass is 9.94. The van der Waals surface area contributed by atoms with Gasteiger partial charge in [-0.2, -0.15) is 0 Å². The number of nitrogens with two attached hydrogens (primary N) is 1. The van der Waals surface area contributed by atoms with Crippen LogP contribution in [-0.2, 0) is 25.5 Å². The van der Waals surface area contributed by atoms with E-state index in [1.54, 1.807) is 11.8 Å². The van der Waals surface area contributed by atoms with Crippen LogP contribution in [0.5, 0.6) is 0 Å². The zero-order chi connectivity index (χ0) is 21.0. The van der Waals surface area contributed by atoms with Crippen molar-refractivity contribution in [3.05, 3.63) is 36.0 Å². The molecule has 1 aliphatic rings. The van der Waals surface area contributed by atoms with Crippen LogP contribution in [0.1, 0.15) is 25.3 Å². The molecule has 2 atom stereocenters. The highest BCUT2D eigenvalue weighted by atomic mass is 16.5. The van der Waals surface area contributed by atoms with Gasteiger partial charge in [-0.1, -0.05) is 18.2 Å².